The van der Waals surface area contributed by atoms with Crippen LogP contribution in [0.2, 0.25) is 0 Å². The Hall–Kier alpha value is -1.60. The molecule has 0 atom stereocenters. The van der Waals surface area contributed by atoms with E-state index >= 15 is 0 Å². The summed E-state index contributed by atoms with van der Waals surface area (Å²) in [6.07, 6.45) is 7.77. The molecule has 1 nitrogen and oxygen atoms in total. The molecular formula is C13H12ClN. The van der Waals surface area contributed by atoms with Crippen molar-refractivity contribution >= 4 is 24.6 Å². The van der Waals surface area contributed by atoms with E-state index < -0.39 is 0 Å². The molecule has 0 fully saturated rings. The normalized spacial score (nSPS) is 9.87. The molecule has 76 valence electrons. The van der Waals surface area contributed by atoms with Gasteiger partial charge in [0.25, 0.3) is 0 Å². The van der Waals surface area contributed by atoms with Crippen LogP contribution in [0.5, 0.6) is 0 Å². The van der Waals surface area contributed by atoms with E-state index in [1.54, 1.807) is 12.4 Å². The molecule has 1 heterocycles. The van der Waals surface area contributed by atoms with Gasteiger partial charge in [-0.15, -0.1) is 12.4 Å². The van der Waals surface area contributed by atoms with Gasteiger partial charge in [0.05, 0.1) is 0 Å². The van der Waals surface area contributed by atoms with E-state index in [4.69, 9.17) is 0 Å². The summed E-state index contributed by atoms with van der Waals surface area (Å²) in [4.78, 5) is 3.97. The number of hydrogen-bond acceptors (Lipinski definition) is 1. The first-order valence-corrected chi connectivity index (χ1v) is 4.58. The van der Waals surface area contributed by atoms with E-state index in [0.29, 0.717) is 0 Å². The minimum absolute atomic E-state index is 0. The first kappa shape index (κ1) is 11.5. The summed E-state index contributed by atoms with van der Waals surface area (Å²) in [6.45, 7) is 0. The molecule has 0 aliphatic rings. The lowest BCUT2D eigenvalue weighted by atomic mass is 10.2. The van der Waals surface area contributed by atoms with Crippen molar-refractivity contribution < 1.29 is 0 Å². The lowest BCUT2D eigenvalue weighted by molar-refractivity contribution is 1.32. The zero-order valence-electron chi connectivity index (χ0n) is 8.21. The van der Waals surface area contributed by atoms with Crippen LogP contribution in [0.25, 0.3) is 12.2 Å². The van der Waals surface area contributed by atoms with E-state index in [1.165, 1.54) is 11.1 Å². The number of pyridine rings is 1. The molecule has 2 aromatic rings. The number of nitrogens with zero attached hydrogens (tertiary/aromatic N) is 1. The molecule has 0 saturated heterocycles. The number of benzene rings is 1. The van der Waals surface area contributed by atoms with Gasteiger partial charge < -0.3 is 0 Å². The average molecular weight is 218 g/mol. The SMILES string of the molecule is C(=C\c1ccncc1)/c1ccccc1.Cl. The van der Waals surface area contributed by atoms with Crippen molar-refractivity contribution in [3.8, 4) is 0 Å². The molecule has 1 aromatic heterocycles. The Morgan fingerprint density at radius 1 is 0.733 bits per heavy atom. The second-order valence-electron chi connectivity index (χ2n) is 3.02. The minimum atomic E-state index is 0. The predicted octanol–water partition coefficient (Wildman–Crippen LogP) is 3.67. The predicted molar refractivity (Wildman–Crippen MR) is 66.9 cm³/mol. The molecular weight excluding hydrogens is 206 g/mol. The zero-order chi connectivity index (χ0) is 9.64. The van der Waals surface area contributed by atoms with Gasteiger partial charge in [0.15, 0.2) is 0 Å². The number of rotatable bonds is 2. The lowest BCUT2D eigenvalue weighted by Crippen LogP contribution is -1.73. The van der Waals surface area contributed by atoms with Crippen molar-refractivity contribution in [3.63, 3.8) is 0 Å². The van der Waals surface area contributed by atoms with Gasteiger partial charge in [-0.1, -0.05) is 42.5 Å². The summed E-state index contributed by atoms with van der Waals surface area (Å²) in [7, 11) is 0. The molecule has 2 heteroatoms. The summed E-state index contributed by atoms with van der Waals surface area (Å²) in [5.74, 6) is 0. The van der Waals surface area contributed by atoms with E-state index in [9.17, 15) is 0 Å². The smallest absolute Gasteiger partial charge is 0.0273 e. The van der Waals surface area contributed by atoms with Crippen LogP contribution in [-0.4, -0.2) is 4.98 Å². The first-order chi connectivity index (χ1) is 6.95. The molecule has 15 heavy (non-hydrogen) atoms. The average Bonchev–Trinajstić information content (AvgIpc) is 2.29. The molecule has 0 bridgehead atoms. The second kappa shape index (κ2) is 5.99. The molecule has 0 amide bonds. The summed E-state index contributed by atoms with van der Waals surface area (Å²) in [5.41, 5.74) is 2.38. The third-order valence-electron chi connectivity index (χ3n) is 1.97. The highest BCUT2D eigenvalue weighted by molar-refractivity contribution is 5.85. The summed E-state index contributed by atoms with van der Waals surface area (Å²) < 4.78 is 0. The topological polar surface area (TPSA) is 12.9 Å². The van der Waals surface area contributed by atoms with Crippen molar-refractivity contribution in [2.45, 2.75) is 0 Å². The van der Waals surface area contributed by atoms with Gasteiger partial charge >= 0.3 is 0 Å². The fraction of sp³-hybridized carbons (Fsp3) is 0. The highest BCUT2D eigenvalue weighted by Gasteiger charge is 1.84. The maximum atomic E-state index is 3.97. The van der Waals surface area contributed by atoms with Gasteiger partial charge in [-0.2, -0.15) is 0 Å². The molecule has 0 aliphatic heterocycles. The quantitative estimate of drug-likeness (QED) is 0.748. The van der Waals surface area contributed by atoms with Gasteiger partial charge in [-0.3, -0.25) is 4.98 Å². The van der Waals surface area contributed by atoms with Crippen molar-refractivity contribution in [2.75, 3.05) is 0 Å². The molecule has 0 N–H and O–H groups in total. The fourth-order valence-corrected chi connectivity index (χ4v) is 1.23. The Labute approximate surface area is 95.9 Å². The Bertz CT molecular complexity index is 368. The summed E-state index contributed by atoms with van der Waals surface area (Å²) >= 11 is 0. The molecule has 0 radical (unpaired) electrons. The van der Waals surface area contributed by atoms with Crippen LogP contribution in [0.3, 0.4) is 0 Å². The lowest BCUT2D eigenvalue weighted by Gasteiger charge is -1.92. The zero-order valence-corrected chi connectivity index (χ0v) is 9.02. The fourth-order valence-electron chi connectivity index (χ4n) is 1.23. The largest absolute Gasteiger partial charge is 0.265 e. The number of hydrogen-bond donors (Lipinski definition) is 0. The molecule has 0 unspecified atom stereocenters. The molecule has 1 aromatic carbocycles. The Morgan fingerprint density at radius 2 is 1.27 bits per heavy atom. The van der Waals surface area contributed by atoms with E-state index in [1.807, 2.05) is 30.3 Å². The summed E-state index contributed by atoms with van der Waals surface area (Å²) in [5, 5.41) is 0. The maximum Gasteiger partial charge on any atom is 0.0273 e. The van der Waals surface area contributed by atoms with Gasteiger partial charge in [0.2, 0.25) is 0 Å². The highest BCUT2D eigenvalue weighted by atomic mass is 35.5. The maximum absolute atomic E-state index is 3.97. The van der Waals surface area contributed by atoms with Gasteiger partial charge in [-0.25, -0.2) is 0 Å². The van der Waals surface area contributed by atoms with Crippen LogP contribution < -0.4 is 0 Å². The molecule has 2 rings (SSSR count). The second-order valence-corrected chi connectivity index (χ2v) is 3.02. The Kier molecular flexibility index (Phi) is 4.58. The molecule has 0 saturated carbocycles. The van der Waals surface area contributed by atoms with Gasteiger partial charge in [0.1, 0.15) is 0 Å². The third-order valence-corrected chi connectivity index (χ3v) is 1.97. The minimum Gasteiger partial charge on any atom is -0.265 e. The standard InChI is InChI=1S/C13H11N.ClH/c1-2-4-12(5-3-1)6-7-13-8-10-14-11-9-13;/h1-11H;1H/b7-6+;. The van der Waals surface area contributed by atoms with Crippen LogP contribution in [0.1, 0.15) is 11.1 Å². The molecule has 0 spiro atoms. The van der Waals surface area contributed by atoms with Crippen molar-refractivity contribution in [3.05, 3.63) is 66.0 Å². The van der Waals surface area contributed by atoms with E-state index in [0.717, 1.165) is 0 Å². The van der Waals surface area contributed by atoms with Crippen LogP contribution in [0, 0.1) is 0 Å². The Balaban J connectivity index is 0.00000112. The van der Waals surface area contributed by atoms with E-state index in [-0.39, 0.29) is 12.4 Å². The van der Waals surface area contributed by atoms with Crippen molar-refractivity contribution in [1.29, 1.82) is 0 Å². The van der Waals surface area contributed by atoms with Crippen molar-refractivity contribution in [1.82, 2.24) is 4.98 Å². The third kappa shape index (κ3) is 3.56. The number of aromatic nitrogens is 1. The molecule has 0 aliphatic carbocycles. The van der Waals surface area contributed by atoms with Gasteiger partial charge in [0, 0.05) is 12.4 Å². The van der Waals surface area contributed by atoms with E-state index in [2.05, 4.69) is 29.3 Å². The summed E-state index contributed by atoms with van der Waals surface area (Å²) in [6, 6.07) is 14.2. The van der Waals surface area contributed by atoms with Crippen LogP contribution in [0.15, 0.2) is 54.9 Å². The highest BCUT2D eigenvalue weighted by Crippen LogP contribution is 2.06. The number of halogens is 1. The Morgan fingerprint density at radius 3 is 1.87 bits per heavy atom. The van der Waals surface area contributed by atoms with Crippen molar-refractivity contribution in [2.24, 2.45) is 0 Å². The first-order valence-electron chi connectivity index (χ1n) is 4.58. The van der Waals surface area contributed by atoms with Crippen LogP contribution in [0.4, 0.5) is 0 Å². The van der Waals surface area contributed by atoms with Gasteiger partial charge in [-0.05, 0) is 23.3 Å². The monoisotopic (exact) mass is 217 g/mol. The van der Waals surface area contributed by atoms with Crippen LogP contribution >= 0.6 is 12.4 Å². The van der Waals surface area contributed by atoms with Crippen LogP contribution in [-0.2, 0) is 0 Å².